The molecule has 9 nitrogen and oxygen atoms in total. The maximum Gasteiger partial charge on any atom is 0.310 e. The van der Waals surface area contributed by atoms with Gasteiger partial charge >= 0.3 is 11.9 Å². The minimum atomic E-state index is -0.364. The van der Waals surface area contributed by atoms with E-state index in [1.54, 1.807) is 50.2 Å². The first-order chi connectivity index (χ1) is 20.3. The van der Waals surface area contributed by atoms with Gasteiger partial charge in [0.1, 0.15) is 18.9 Å². The van der Waals surface area contributed by atoms with Crippen LogP contribution in [0.5, 0.6) is 5.75 Å². The molecule has 218 valence electrons. The van der Waals surface area contributed by atoms with Crippen molar-refractivity contribution in [1.82, 2.24) is 0 Å². The third kappa shape index (κ3) is 6.44. The highest BCUT2D eigenvalue weighted by molar-refractivity contribution is 6.44. The summed E-state index contributed by atoms with van der Waals surface area (Å²) < 4.78 is 12.6. The first-order valence-electron chi connectivity index (χ1n) is 14.4. The number of rotatable bonds is 13. The zero-order chi connectivity index (χ0) is 30.2. The predicted octanol–water partition coefficient (Wildman–Crippen LogP) is 4.31. The Balaban J connectivity index is 1.63. The lowest BCUT2D eigenvalue weighted by Crippen LogP contribution is -2.30. The fourth-order valence-corrected chi connectivity index (χ4v) is 4.92. The molecule has 0 N–H and O–H groups in total. The number of hydrogen-bond acceptors (Lipinski definition) is 8. The number of Topliss-reactive ketones (excluding diaryl/α,β-unsaturated/α-hetero) is 1. The van der Waals surface area contributed by atoms with Crippen molar-refractivity contribution in [3.8, 4) is 11.8 Å². The molecule has 1 heterocycles. The number of benzene rings is 2. The van der Waals surface area contributed by atoms with Crippen LogP contribution < -0.4 is 14.7 Å². The molecule has 1 aliphatic heterocycles. The summed E-state index contributed by atoms with van der Waals surface area (Å²) in [5, 5.41) is 22.5. The molecular formula is C33H35N3O6. The Morgan fingerprint density at radius 2 is 1.74 bits per heavy atom. The second-order valence-electron chi connectivity index (χ2n) is 10.0. The van der Waals surface area contributed by atoms with Gasteiger partial charge in [-0.1, -0.05) is 45.1 Å². The van der Waals surface area contributed by atoms with Crippen molar-refractivity contribution in [1.29, 1.82) is 5.26 Å². The van der Waals surface area contributed by atoms with Crippen LogP contribution >= 0.6 is 0 Å². The zero-order valence-corrected chi connectivity index (χ0v) is 24.3. The molecule has 0 spiro atoms. The van der Waals surface area contributed by atoms with Crippen LogP contribution in [0.15, 0.2) is 53.8 Å². The van der Waals surface area contributed by atoms with Crippen molar-refractivity contribution in [2.75, 3.05) is 31.1 Å². The normalized spacial score (nSPS) is 15.5. The second kappa shape index (κ2) is 13.8. The van der Waals surface area contributed by atoms with Gasteiger partial charge in [-0.25, -0.2) is 0 Å². The predicted molar refractivity (Wildman–Crippen MR) is 157 cm³/mol. The maximum absolute atomic E-state index is 13.5. The highest BCUT2D eigenvalue weighted by Gasteiger charge is 2.37. The smallest absolute Gasteiger partial charge is 0.310 e. The van der Waals surface area contributed by atoms with Crippen LogP contribution in [0, 0.1) is 11.3 Å². The van der Waals surface area contributed by atoms with Gasteiger partial charge in [0.2, 0.25) is 5.69 Å². The number of esters is 2. The fourth-order valence-electron chi connectivity index (χ4n) is 4.92. The largest absolute Gasteiger partial charge is 0.871 e. The van der Waals surface area contributed by atoms with E-state index in [2.05, 4.69) is 13.0 Å². The Bertz CT molecular complexity index is 1510. The minimum Gasteiger partial charge on any atom is -0.871 e. The van der Waals surface area contributed by atoms with Gasteiger partial charge in [0.25, 0.3) is 0 Å². The molecule has 0 radical (unpaired) electrons. The van der Waals surface area contributed by atoms with Gasteiger partial charge in [-0.05, 0) is 29.8 Å². The fraction of sp³-hybridized carbons (Fsp3) is 0.364. The van der Waals surface area contributed by atoms with Crippen LogP contribution in [-0.2, 0) is 19.1 Å². The first kappa shape index (κ1) is 30.3. The minimum absolute atomic E-state index is 0.125. The quantitative estimate of drug-likeness (QED) is 0.151. The number of nitrogens with zero attached hydrogens (tertiary/aromatic N) is 3. The summed E-state index contributed by atoms with van der Waals surface area (Å²) in [6.07, 6.45) is 4.58. The van der Waals surface area contributed by atoms with E-state index in [9.17, 15) is 19.5 Å². The van der Waals surface area contributed by atoms with Gasteiger partial charge in [-0.2, -0.15) is 9.84 Å². The number of ketones is 1. The van der Waals surface area contributed by atoms with Gasteiger partial charge in [0.15, 0.2) is 12.0 Å². The number of anilines is 1. The molecule has 0 amide bonds. The number of nitriles is 1. The average Bonchev–Trinajstić information content (AvgIpc) is 3.34. The van der Waals surface area contributed by atoms with Crippen LogP contribution in [0.4, 0.5) is 11.4 Å². The molecule has 0 bridgehead atoms. The Morgan fingerprint density at radius 1 is 1.00 bits per heavy atom. The topological polar surface area (TPSA) is 123 Å². The summed E-state index contributed by atoms with van der Waals surface area (Å²) in [4.78, 5) is 38.8. The summed E-state index contributed by atoms with van der Waals surface area (Å²) in [5.74, 6) is -0.939. The van der Waals surface area contributed by atoms with E-state index in [1.165, 1.54) is 0 Å². The number of fused-ring (bicyclic) bond motifs is 1. The Morgan fingerprint density at radius 3 is 2.38 bits per heavy atom. The van der Waals surface area contributed by atoms with Crippen molar-refractivity contribution < 1.29 is 33.5 Å². The summed E-state index contributed by atoms with van der Waals surface area (Å²) in [6, 6.07) is 14.5. The second-order valence-corrected chi connectivity index (χ2v) is 10.0. The number of allylic oxidation sites excluding steroid dienone is 3. The molecule has 2 aromatic carbocycles. The van der Waals surface area contributed by atoms with Crippen molar-refractivity contribution in [2.45, 2.75) is 52.9 Å². The highest BCUT2D eigenvalue weighted by atomic mass is 16.5. The lowest BCUT2D eigenvalue weighted by atomic mass is 9.80. The van der Waals surface area contributed by atoms with Crippen molar-refractivity contribution in [3.63, 3.8) is 0 Å². The van der Waals surface area contributed by atoms with Crippen LogP contribution in [-0.4, -0.2) is 54.8 Å². The maximum atomic E-state index is 13.5. The Kier molecular flexibility index (Phi) is 9.92. The molecule has 4 rings (SSSR count). The number of ether oxygens (including phenoxy) is 2. The molecule has 9 heteroatoms. The molecule has 0 saturated heterocycles. The van der Waals surface area contributed by atoms with E-state index in [-0.39, 0.29) is 47.7 Å². The SMILES string of the molecule is CCCC[N+]1=CC(=C2C(=O)C(c3ccc(N(CCC#N)CCOC(=O)CC)cc3)=C2[O-])c2cc(OC(=O)CC)ccc21. The first-order valence-corrected chi connectivity index (χ1v) is 14.4. The lowest BCUT2D eigenvalue weighted by molar-refractivity contribution is -0.432. The summed E-state index contributed by atoms with van der Waals surface area (Å²) in [7, 11) is 0. The third-order valence-corrected chi connectivity index (χ3v) is 7.23. The lowest BCUT2D eigenvalue weighted by Gasteiger charge is -2.32. The van der Waals surface area contributed by atoms with Gasteiger partial charge in [-0.15, -0.1) is 0 Å². The van der Waals surface area contributed by atoms with Crippen molar-refractivity contribution >= 4 is 46.5 Å². The van der Waals surface area contributed by atoms with Crippen LogP contribution in [0.3, 0.4) is 0 Å². The molecule has 0 fully saturated rings. The van der Waals surface area contributed by atoms with Crippen LogP contribution in [0.1, 0.15) is 64.0 Å². The van der Waals surface area contributed by atoms with E-state index >= 15 is 0 Å². The van der Waals surface area contributed by atoms with Crippen molar-refractivity contribution in [3.05, 3.63) is 64.9 Å². The molecule has 2 aromatic rings. The van der Waals surface area contributed by atoms with E-state index in [0.717, 1.165) is 30.8 Å². The molecule has 0 aromatic heterocycles. The van der Waals surface area contributed by atoms with Gasteiger partial charge in [0, 0.05) is 48.7 Å². The number of unbranched alkanes of at least 4 members (excludes halogenated alkanes) is 1. The average molecular weight is 570 g/mol. The van der Waals surface area contributed by atoms with E-state index in [4.69, 9.17) is 14.7 Å². The van der Waals surface area contributed by atoms with E-state index in [0.29, 0.717) is 48.4 Å². The number of carbonyl (C=O) groups is 3. The van der Waals surface area contributed by atoms with Crippen molar-refractivity contribution in [2.24, 2.45) is 0 Å². The van der Waals surface area contributed by atoms with Crippen LogP contribution in [0.2, 0.25) is 0 Å². The van der Waals surface area contributed by atoms with Gasteiger partial charge in [0.05, 0.1) is 30.2 Å². The Hall–Kier alpha value is -4.71. The zero-order valence-electron chi connectivity index (χ0n) is 24.3. The van der Waals surface area contributed by atoms with E-state index in [1.807, 2.05) is 21.8 Å². The number of hydrogen-bond donors (Lipinski definition) is 0. The summed E-state index contributed by atoms with van der Waals surface area (Å²) >= 11 is 0. The molecule has 0 atom stereocenters. The van der Waals surface area contributed by atoms with E-state index < -0.39 is 0 Å². The monoisotopic (exact) mass is 569 g/mol. The number of carbonyl (C=O) groups excluding carboxylic acids is 3. The summed E-state index contributed by atoms with van der Waals surface area (Å²) in [6.45, 7) is 7.32. The summed E-state index contributed by atoms with van der Waals surface area (Å²) in [5.41, 5.74) is 3.65. The standard InChI is InChI=1S/C33H35N3O6/c1-4-7-16-36-21-26(25-20-24(13-14-27(25)36)42-29(38)6-3)31-32(39)30(33(31)40)22-9-11-23(12-10-22)35(17-8-15-34)18-19-41-28(37)5-2/h9-14,20-21H,4-8,16-19H2,1-3H3. The van der Waals surface area contributed by atoms with Gasteiger partial charge < -0.3 is 19.5 Å². The highest BCUT2D eigenvalue weighted by Crippen LogP contribution is 2.43. The van der Waals surface area contributed by atoms with Gasteiger partial charge in [-0.3, -0.25) is 14.4 Å². The molecule has 1 aliphatic carbocycles. The van der Waals surface area contributed by atoms with Crippen LogP contribution in [0.25, 0.3) is 11.1 Å². The third-order valence-electron chi connectivity index (χ3n) is 7.23. The molecule has 42 heavy (non-hydrogen) atoms. The Labute approximate surface area is 246 Å². The molecular weight excluding hydrogens is 534 g/mol. The molecule has 0 unspecified atom stereocenters. The molecule has 0 saturated carbocycles. The molecule has 2 aliphatic rings.